The highest BCUT2D eigenvalue weighted by atomic mass is 16.5. The van der Waals surface area contributed by atoms with Crippen LogP contribution >= 0.6 is 0 Å². The van der Waals surface area contributed by atoms with Gasteiger partial charge in [0.05, 0.1) is 0 Å². The summed E-state index contributed by atoms with van der Waals surface area (Å²) in [7, 11) is 3.89. The molecule has 1 amide bonds. The minimum Gasteiger partial charge on any atom is -0.475 e. The molecule has 0 fully saturated rings. The molecule has 0 aliphatic carbocycles. The Bertz CT molecular complexity index is 480. The zero-order valence-electron chi connectivity index (χ0n) is 10.1. The van der Waals surface area contributed by atoms with E-state index in [4.69, 9.17) is 10.5 Å². The van der Waals surface area contributed by atoms with E-state index in [-0.39, 0.29) is 6.23 Å². The van der Waals surface area contributed by atoms with Crippen LogP contribution in [-0.2, 0) is 11.2 Å². The number of primary amides is 1. The molecule has 0 bridgehead atoms. The van der Waals surface area contributed by atoms with Crippen LogP contribution in [-0.4, -0.2) is 31.1 Å². The first-order valence-electron chi connectivity index (χ1n) is 5.44. The van der Waals surface area contributed by atoms with Crippen LogP contribution in [0.2, 0.25) is 0 Å². The molecule has 0 saturated carbocycles. The molecule has 90 valence electrons. The molecule has 17 heavy (non-hydrogen) atoms. The Morgan fingerprint density at radius 3 is 2.82 bits per heavy atom. The van der Waals surface area contributed by atoms with Crippen molar-refractivity contribution in [2.24, 2.45) is 5.73 Å². The standard InChI is InChI=1S/C13H16N2O2/c1-8-11-5-4-9(13(14)16)6-10(11)7-12(17-8)15(2)3/h4-6,12H,1,7H2,2-3H3,(H2,14,16). The zero-order chi connectivity index (χ0) is 12.6. The summed E-state index contributed by atoms with van der Waals surface area (Å²) in [6.45, 7) is 3.90. The van der Waals surface area contributed by atoms with Gasteiger partial charge in [-0.3, -0.25) is 9.69 Å². The molecule has 0 saturated heterocycles. The molecular formula is C13H16N2O2. The maximum atomic E-state index is 11.1. The normalized spacial score (nSPS) is 18.8. The number of nitrogens with zero attached hydrogens (tertiary/aromatic N) is 1. The summed E-state index contributed by atoms with van der Waals surface area (Å²) in [4.78, 5) is 13.1. The van der Waals surface area contributed by atoms with Gasteiger partial charge >= 0.3 is 0 Å². The molecule has 0 radical (unpaired) electrons. The summed E-state index contributed by atoms with van der Waals surface area (Å²) in [6, 6.07) is 5.36. The van der Waals surface area contributed by atoms with Crippen molar-refractivity contribution in [2.75, 3.05) is 14.1 Å². The molecule has 1 unspecified atom stereocenters. The molecule has 2 rings (SSSR count). The van der Waals surface area contributed by atoms with Gasteiger partial charge in [-0.1, -0.05) is 12.6 Å². The Morgan fingerprint density at radius 1 is 1.53 bits per heavy atom. The van der Waals surface area contributed by atoms with Crippen LogP contribution < -0.4 is 5.73 Å². The summed E-state index contributed by atoms with van der Waals surface area (Å²) in [5.41, 5.74) is 7.80. The van der Waals surface area contributed by atoms with Crippen molar-refractivity contribution in [3.8, 4) is 0 Å². The van der Waals surface area contributed by atoms with E-state index in [9.17, 15) is 4.79 Å². The molecule has 1 aromatic carbocycles. The lowest BCUT2D eigenvalue weighted by atomic mass is 9.97. The fourth-order valence-electron chi connectivity index (χ4n) is 1.93. The van der Waals surface area contributed by atoms with Gasteiger partial charge in [0.1, 0.15) is 5.76 Å². The number of hydrogen-bond donors (Lipinski definition) is 1. The zero-order valence-corrected chi connectivity index (χ0v) is 10.1. The largest absolute Gasteiger partial charge is 0.475 e. The first-order valence-corrected chi connectivity index (χ1v) is 5.44. The van der Waals surface area contributed by atoms with Crippen LogP contribution in [0, 0.1) is 0 Å². The Balaban J connectivity index is 2.40. The lowest BCUT2D eigenvalue weighted by Gasteiger charge is -2.32. The second-order valence-electron chi connectivity index (χ2n) is 4.40. The average molecular weight is 232 g/mol. The van der Waals surface area contributed by atoms with Gasteiger partial charge in [-0.25, -0.2) is 0 Å². The van der Waals surface area contributed by atoms with E-state index >= 15 is 0 Å². The predicted molar refractivity (Wildman–Crippen MR) is 66.3 cm³/mol. The molecule has 4 heteroatoms. The Hall–Kier alpha value is -1.81. The summed E-state index contributed by atoms with van der Waals surface area (Å²) in [5.74, 6) is 0.229. The molecule has 2 N–H and O–H groups in total. The third-order valence-electron chi connectivity index (χ3n) is 2.94. The van der Waals surface area contributed by atoms with Gasteiger partial charge in [0.2, 0.25) is 5.91 Å². The molecule has 0 spiro atoms. The fraction of sp³-hybridized carbons (Fsp3) is 0.308. The lowest BCUT2D eigenvalue weighted by Crippen LogP contribution is -2.35. The van der Waals surface area contributed by atoms with E-state index in [1.165, 1.54) is 0 Å². The molecule has 0 aromatic heterocycles. The topological polar surface area (TPSA) is 55.6 Å². The van der Waals surface area contributed by atoms with Gasteiger partial charge in [-0.05, 0) is 31.8 Å². The highest BCUT2D eigenvalue weighted by Crippen LogP contribution is 2.29. The predicted octanol–water partition coefficient (Wildman–Crippen LogP) is 1.22. The number of hydrogen-bond acceptors (Lipinski definition) is 3. The van der Waals surface area contributed by atoms with Gasteiger partial charge in [-0.2, -0.15) is 0 Å². The van der Waals surface area contributed by atoms with Crippen molar-refractivity contribution in [3.05, 3.63) is 41.5 Å². The van der Waals surface area contributed by atoms with E-state index in [1.807, 2.05) is 31.1 Å². The van der Waals surface area contributed by atoms with E-state index < -0.39 is 5.91 Å². The maximum absolute atomic E-state index is 11.1. The van der Waals surface area contributed by atoms with Crippen molar-refractivity contribution < 1.29 is 9.53 Å². The quantitative estimate of drug-likeness (QED) is 0.834. The number of ether oxygens (including phenoxy) is 1. The third kappa shape index (κ3) is 2.17. The highest BCUT2D eigenvalue weighted by Gasteiger charge is 2.24. The van der Waals surface area contributed by atoms with Crippen LogP contribution in [0.25, 0.3) is 5.76 Å². The van der Waals surface area contributed by atoms with Crippen molar-refractivity contribution in [2.45, 2.75) is 12.6 Å². The number of nitrogens with two attached hydrogens (primary N) is 1. The number of carbonyl (C=O) groups excluding carboxylic acids is 1. The van der Waals surface area contributed by atoms with Gasteiger partial charge in [0.25, 0.3) is 0 Å². The van der Waals surface area contributed by atoms with Crippen LogP contribution in [0.4, 0.5) is 0 Å². The minimum absolute atomic E-state index is 0.0434. The molecule has 1 heterocycles. The van der Waals surface area contributed by atoms with Gasteiger partial charge in [-0.15, -0.1) is 0 Å². The summed E-state index contributed by atoms with van der Waals surface area (Å²) in [5, 5.41) is 0. The van der Waals surface area contributed by atoms with Crippen LogP contribution in [0.15, 0.2) is 24.8 Å². The SMILES string of the molecule is C=C1OC(N(C)C)Cc2cc(C(N)=O)ccc21. The van der Waals surface area contributed by atoms with Crippen molar-refractivity contribution in [1.29, 1.82) is 0 Å². The summed E-state index contributed by atoms with van der Waals surface area (Å²) < 4.78 is 5.69. The first-order chi connectivity index (χ1) is 7.99. The summed E-state index contributed by atoms with van der Waals surface area (Å²) >= 11 is 0. The Kier molecular flexibility index (Phi) is 2.90. The maximum Gasteiger partial charge on any atom is 0.248 e. The van der Waals surface area contributed by atoms with Gasteiger partial charge < -0.3 is 10.5 Å². The molecule has 1 aliphatic rings. The van der Waals surface area contributed by atoms with Gasteiger partial charge in [0, 0.05) is 17.5 Å². The van der Waals surface area contributed by atoms with Crippen LogP contribution in [0.3, 0.4) is 0 Å². The molecular weight excluding hydrogens is 216 g/mol. The Labute approximate surface area is 101 Å². The van der Waals surface area contributed by atoms with E-state index in [0.29, 0.717) is 11.3 Å². The van der Waals surface area contributed by atoms with E-state index in [0.717, 1.165) is 17.5 Å². The minimum atomic E-state index is -0.411. The smallest absolute Gasteiger partial charge is 0.248 e. The second kappa shape index (κ2) is 4.22. The second-order valence-corrected chi connectivity index (χ2v) is 4.40. The lowest BCUT2D eigenvalue weighted by molar-refractivity contribution is 0.0339. The number of likely N-dealkylation sites (N-methyl/N-ethyl adjacent to an activating group) is 1. The number of amides is 1. The van der Waals surface area contributed by atoms with E-state index in [2.05, 4.69) is 6.58 Å². The monoisotopic (exact) mass is 232 g/mol. The fourth-order valence-corrected chi connectivity index (χ4v) is 1.93. The number of carbonyl (C=O) groups is 1. The third-order valence-corrected chi connectivity index (χ3v) is 2.94. The molecule has 4 nitrogen and oxygen atoms in total. The van der Waals surface area contributed by atoms with Gasteiger partial charge in [0.15, 0.2) is 6.23 Å². The first kappa shape index (κ1) is 11.7. The molecule has 1 aliphatic heterocycles. The highest BCUT2D eigenvalue weighted by molar-refractivity contribution is 5.93. The van der Waals surface area contributed by atoms with Crippen molar-refractivity contribution in [1.82, 2.24) is 4.90 Å². The molecule has 1 atom stereocenters. The number of rotatable bonds is 2. The average Bonchev–Trinajstić information content (AvgIpc) is 2.27. The number of benzene rings is 1. The Morgan fingerprint density at radius 2 is 2.24 bits per heavy atom. The van der Waals surface area contributed by atoms with Crippen LogP contribution in [0.1, 0.15) is 21.5 Å². The van der Waals surface area contributed by atoms with Crippen molar-refractivity contribution in [3.63, 3.8) is 0 Å². The molecule has 1 aromatic rings. The summed E-state index contributed by atoms with van der Waals surface area (Å²) in [6.07, 6.45) is 0.681. The van der Waals surface area contributed by atoms with Crippen molar-refractivity contribution >= 4 is 11.7 Å². The number of fused-ring (bicyclic) bond motifs is 1. The van der Waals surface area contributed by atoms with E-state index in [1.54, 1.807) is 6.07 Å². The van der Waals surface area contributed by atoms with Crippen LogP contribution in [0.5, 0.6) is 0 Å².